The van der Waals surface area contributed by atoms with Crippen LogP contribution >= 0.6 is 11.6 Å². The lowest BCUT2D eigenvalue weighted by molar-refractivity contribution is -0.122. The van der Waals surface area contributed by atoms with Gasteiger partial charge in [0, 0.05) is 18.9 Å². The van der Waals surface area contributed by atoms with Gasteiger partial charge < -0.3 is 29.7 Å². The van der Waals surface area contributed by atoms with Crippen LogP contribution in [-0.2, 0) is 16.1 Å². The number of benzene rings is 2. The second-order valence-electron chi connectivity index (χ2n) is 10.8. The van der Waals surface area contributed by atoms with E-state index < -0.39 is 17.8 Å². The fraction of sp³-hybridized carbons (Fsp3) is 0.323. The zero-order valence-corrected chi connectivity index (χ0v) is 25.5. The predicted octanol–water partition coefficient (Wildman–Crippen LogP) is 5.75. The van der Waals surface area contributed by atoms with Crippen molar-refractivity contribution in [2.24, 2.45) is 0 Å². The van der Waals surface area contributed by atoms with Crippen LogP contribution in [0.3, 0.4) is 0 Å². The average Bonchev–Trinajstić information content (AvgIpc) is 2.95. The highest BCUT2D eigenvalue weighted by Gasteiger charge is 2.21. The Balaban J connectivity index is 1.40. The van der Waals surface area contributed by atoms with Gasteiger partial charge in [-0.05, 0) is 70.2 Å². The number of rotatable bonds is 11. The van der Waals surface area contributed by atoms with E-state index in [1.165, 1.54) is 18.3 Å². The van der Waals surface area contributed by atoms with Crippen molar-refractivity contribution in [3.63, 3.8) is 0 Å². The smallest absolute Gasteiger partial charge is 0.410 e. The highest BCUT2D eigenvalue weighted by Crippen LogP contribution is 2.34. The monoisotopic (exact) mass is 606 g/mol. The molecule has 0 aliphatic heterocycles. The predicted molar refractivity (Wildman–Crippen MR) is 165 cm³/mol. The number of nitrogens with one attached hydrogen (secondary N) is 2. The van der Waals surface area contributed by atoms with Crippen LogP contribution < -0.4 is 20.1 Å². The Labute approximate surface area is 255 Å². The van der Waals surface area contributed by atoms with Crippen LogP contribution in [0.5, 0.6) is 11.5 Å². The number of anilines is 2. The average molecular weight is 607 g/mol. The van der Waals surface area contributed by atoms with Gasteiger partial charge in [0.2, 0.25) is 5.91 Å². The molecule has 0 bridgehead atoms. The maximum atomic E-state index is 12.4. The molecule has 2 aromatic carbocycles. The molecule has 2 aromatic heterocycles. The largest absolute Gasteiger partial charge is 0.488 e. The lowest BCUT2D eigenvalue weighted by Crippen LogP contribution is -2.43. The number of hydrogen-bond donors (Lipinski definition) is 2. The second kappa shape index (κ2) is 14.0. The van der Waals surface area contributed by atoms with Gasteiger partial charge >= 0.3 is 6.09 Å². The number of carbonyl (C=O) groups excluding carboxylic acids is 2. The molecule has 0 fully saturated rings. The number of aromatic nitrogens is 3. The number of halogens is 1. The van der Waals surface area contributed by atoms with Crippen molar-refractivity contribution in [3.05, 3.63) is 77.8 Å². The van der Waals surface area contributed by atoms with Crippen molar-refractivity contribution < 1.29 is 23.8 Å². The fourth-order valence-corrected chi connectivity index (χ4v) is 4.17. The third-order valence-corrected chi connectivity index (χ3v) is 6.22. The summed E-state index contributed by atoms with van der Waals surface area (Å²) in [5, 5.41) is 7.19. The van der Waals surface area contributed by atoms with Crippen molar-refractivity contribution >= 4 is 46.0 Å². The third-order valence-electron chi connectivity index (χ3n) is 5.92. The summed E-state index contributed by atoms with van der Waals surface area (Å²) in [6, 6.07) is 16.5. The van der Waals surface area contributed by atoms with Gasteiger partial charge in [-0.3, -0.25) is 9.78 Å². The molecule has 2 N–H and O–H groups in total. The van der Waals surface area contributed by atoms with Crippen LogP contribution in [0, 0.1) is 0 Å². The van der Waals surface area contributed by atoms with Gasteiger partial charge in [0.1, 0.15) is 48.5 Å². The molecule has 0 aliphatic rings. The van der Waals surface area contributed by atoms with Gasteiger partial charge in [-0.25, -0.2) is 14.8 Å². The topological polar surface area (TPSA) is 128 Å². The molecule has 43 heavy (non-hydrogen) atoms. The zero-order chi connectivity index (χ0) is 31.0. The van der Waals surface area contributed by atoms with Crippen molar-refractivity contribution in [1.82, 2.24) is 25.2 Å². The van der Waals surface area contributed by atoms with Crippen LogP contribution in [0.1, 0.15) is 33.4 Å². The number of likely N-dealkylation sites (N-methyl/N-ethyl adjacent to an activating group) is 1. The van der Waals surface area contributed by atoms with Crippen molar-refractivity contribution in [3.8, 4) is 11.5 Å². The molecule has 4 aromatic rings. The first-order valence-corrected chi connectivity index (χ1v) is 14.1. The van der Waals surface area contributed by atoms with E-state index in [1.807, 2.05) is 49.4 Å². The molecule has 2 amide bonds. The van der Waals surface area contributed by atoms with Gasteiger partial charge in [-0.2, -0.15) is 0 Å². The first kappa shape index (κ1) is 31.3. The van der Waals surface area contributed by atoms with Crippen LogP contribution in [0.15, 0.2) is 67.1 Å². The Morgan fingerprint density at radius 1 is 1.02 bits per heavy atom. The summed E-state index contributed by atoms with van der Waals surface area (Å²) in [5.41, 5.74) is 1.51. The van der Waals surface area contributed by atoms with Crippen LogP contribution in [0.2, 0.25) is 5.02 Å². The van der Waals surface area contributed by atoms with Crippen LogP contribution in [0.4, 0.5) is 16.3 Å². The molecule has 2 heterocycles. The summed E-state index contributed by atoms with van der Waals surface area (Å²) in [6.45, 7) is 7.49. The second-order valence-corrected chi connectivity index (χ2v) is 11.2. The van der Waals surface area contributed by atoms with E-state index in [1.54, 1.807) is 39.1 Å². The molecule has 0 saturated carbocycles. The van der Waals surface area contributed by atoms with Gasteiger partial charge in [0.05, 0.1) is 28.2 Å². The molecule has 1 unspecified atom stereocenters. The first-order chi connectivity index (χ1) is 20.5. The van der Waals surface area contributed by atoms with Crippen LogP contribution in [-0.4, -0.2) is 63.7 Å². The molecular formula is C31H35ClN6O5. The quantitative estimate of drug-likeness (QED) is 0.219. The number of pyridine rings is 1. The van der Waals surface area contributed by atoms with E-state index >= 15 is 0 Å². The Hall–Kier alpha value is -4.64. The standard InChI is InChI=1S/C31H35ClN6O5/c1-20(16-34-27(39)17-38(5)30(40)43-31(2,3)4)42-26-11-8-10-24-28(26)29(36-19-35-24)37-21-12-13-25(23(32)15-21)41-18-22-9-6-7-14-33-22/h6-15,19-20H,16-18H2,1-5H3,(H,34,39)(H,35,36,37). The number of amides is 2. The Morgan fingerprint density at radius 3 is 2.56 bits per heavy atom. The van der Waals surface area contributed by atoms with Crippen molar-refractivity contribution in [1.29, 1.82) is 0 Å². The summed E-state index contributed by atoms with van der Waals surface area (Å²) < 4.78 is 17.3. The minimum atomic E-state index is -0.648. The number of ether oxygens (including phenoxy) is 3. The SMILES string of the molecule is CC(CNC(=O)CN(C)C(=O)OC(C)(C)C)Oc1cccc2ncnc(Nc3ccc(OCc4ccccn4)c(Cl)c3)c12. The third kappa shape index (κ3) is 9.17. The highest BCUT2D eigenvalue weighted by molar-refractivity contribution is 6.32. The normalized spacial score (nSPS) is 11.9. The molecule has 0 spiro atoms. The molecule has 11 nitrogen and oxygen atoms in total. The van der Waals surface area contributed by atoms with E-state index in [0.29, 0.717) is 45.5 Å². The summed E-state index contributed by atoms with van der Waals surface area (Å²) in [6.07, 6.45) is 2.20. The Kier molecular flexibility index (Phi) is 10.2. The molecule has 0 radical (unpaired) electrons. The Bertz CT molecular complexity index is 1560. The van der Waals surface area contributed by atoms with Crippen molar-refractivity contribution in [2.45, 2.75) is 46.0 Å². The molecule has 12 heteroatoms. The lowest BCUT2D eigenvalue weighted by atomic mass is 10.2. The highest BCUT2D eigenvalue weighted by atomic mass is 35.5. The number of nitrogens with zero attached hydrogens (tertiary/aromatic N) is 4. The Morgan fingerprint density at radius 2 is 1.84 bits per heavy atom. The van der Waals surface area contributed by atoms with E-state index in [9.17, 15) is 9.59 Å². The minimum absolute atomic E-state index is 0.145. The first-order valence-electron chi connectivity index (χ1n) is 13.7. The van der Waals surface area contributed by atoms with E-state index in [2.05, 4.69) is 25.6 Å². The van der Waals surface area contributed by atoms with E-state index in [0.717, 1.165) is 5.69 Å². The molecule has 4 rings (SSSR count). The maximum absolute atomic E-state index is 12.4. The van der Waals surface area contributed by atoms with Crippen LogP contribution in [0.25, 0.3) is 10.9 Å². The number of fused-ring (bicyclic) bond motifs is 1. The summed E-state index contributed by atoms with van der Waals surface area (Å²) in [4.78, 5) is 38.9. The van der Waals surface area contributed by atoms with Crippen molar-refractivity contribution in [2.75, 3.05) is 25.5 Å². The summed E-state index contributed by atoms with van der Waals surface area (Å²) >= 11 is 6.51. The number of carbonyl (C=O) groups is 2. The van der Waals surface area contributed by atoms with Gasteiger partial charge in [-0.1, -0.05) is 23.7 Å². The van der Waals surface area contributed by atoms with Gasteiger partial charge in [0.15, 0.2) is 0 Å². The number of hydrogen-bond acceptors (Lipinski definition) is 9. The molecule has 0 aliphatic carbocycles. The minimum Gasteiger partial charge on any atom is -0.488 e. The molecular weight excluding hydrogens is 572 g/mol. The molecule has 226 valence electrons. The molecule has 1 atom stereocenters. The molecule has 0 saturated heterocycles. The lowest BCUT2D eigenvalue weighted by Gasteiger charge is -2.24. The van der Waals surface area contributed by atoms with E-state index in [4.69, 9.17) is 25.8 Å². The fourth-order valence-electron chi connectivity index (χ4n) is 3.93. The summed E-state index contributed by atoms with van der Waals surface area (Å²) in [7, 11) is 1.51. The van der Waals surface area contributed by atoms with E-state index in [-0.39, 0.29) is 19.0 Å². The van der Waals surface area contributed by atoms with Gasteiger partial charge in [0.25, 0.3) is 0 Å². The zero-order valence-electron chi connectivity index (χ0n) is 24.8. The maximum Gasteiger partial charge on any atom is 0.410 e. The summed E-state index contributed by atoms with van der Waals surface area (Å²) in [5.74, 6) is 1.25. The van der Waals surface area contributed by atoms with Gasteiger partial charge in [-0.15, -0.1) is 0 Å².